The van der Waals surface area contributed by atoms with E-state index in [-0.39, 0.29) is 5.54 Å². The standard InChI is InChI=1S/C15H23NO/c1-14(2,15(3,4)17)16-12-8-11-13-9-6-5-7-10-13/h5-11,16-17H,12H2,1-4H3/b11-8+. The van der Waals surface area contributed by atoms with Gasteiger partial charge in [-0.05, 0) is 33.3 Å². The van der Waals surface area contributed by atoms with E-state index in [2.05, 4.69) is 29.6 Å². The van der Waals surface area contributed by atoms with Crippen LogP contribution < -0.4 is 5.32 Å². The van der Waals surface area contributed by atoms with Gasteiger partial charge in [-0.3, -0.25) is 0 Å². The molecular weight excluding hydrogens is 210 g/mol. The SMILES string of the molecule is CC(C)(O)C(C)(C)NC/C=C/c1ccccc1. The van der Waals surface area contributed by atoms with Crippen LogP contribution in [0.5, 0.6) is 0 Å². The second-order valence-electron chi connectivity index (χ2n) is 5.38. The summed E-state index contributed by atoms with van der Waals surface area (Å²) >= 11 is 0. The van der Waals surface area contributed by atoms with Crippen LogP contribution in [0.15, 0.2) is 36.4 Å². The Balaban J connectivity index is 2.46. The highest BCUT2D eigenvalue weighted by molar-refractivity contribution is 5.48. The molecule has 0 radical (unpaired) electrons. The lowest BCUT2D eigenvalue weighted by atomic mass is 9.86. The lowest BCUT2D eigenvalue weighted by molar-refractivity contribution is -0.00270. The molecule has 1 aromatic carbocycles. The van der Waals surface area contributed by atoms with E-state index >= 15 is 0 Å². The highest BCUT2D eigenvalue weighted by Crippen LogP contribution is 2.20. The highest BCUT2D eigenvalue weighted by Gasteiger charge is 2.33. The average molecular weight is 233 g/mol. The van der Waals surface area contributed by atoms with Crippen LogP contribution in [-0.4, -0.2) is 22.8 Å². The molecule has 0 aliphatic carbocycles. The predicted octanol–water partition coefficient (Wildman–Crippen LogP) is 2.84. The van der Waals surface area contributed by atoms with Crippen LogP contribution >= 0.6 is 0 Å². The van der Waals surface area contributed by atoms with Crippen LogP contribution in [0.2, 0.25) is 0 Å². The number of rotatable bonds is 5. The van der Waals surface area contributed by atoms with Crippen molar-refractivity contribution in [2.75, 3.05) is 6.54 Å². The van der Waals surface area contributed by atoms with Gasteiger partial charge in [0.2, 0.25) is 0 Å². The van der Waals surface area contributed by atoms with Gasteiger partial charge < -0.3 is 10.4 Å². The van der Waals surface area contributed by atoms with Gasteiger partial charge in [0.15, 0.2) is 0 Å². The van der Waals surface area contributed by atoms with Gasteiger partial charge in [-0.15, -0.1) is 0 Å². The quantitative estimate of drug-likeness (QED) is 0.819. The molecule has 0 aliphatic rings. The maximum absolute atomic E-state index is 9.98. The fourth-order valence-corrected chi connectivity index (χ4v) is 1.29. The molecule has 0 amide bonds. The maximum Gasteiger partial charge on any atom is 0.0767 e. The maximum atomic E-state index is 9.98. The molecule has 0 spiro atoms. The highest BCUT2D eigenvalue weighted by atomic mass is 16.3. The minimum Gasteiger partial charge on any atom is -0.389 e. The Morgan fingerprint density at radius 1 is 1.12 bits per heavy atom. The minimum atomic E-state index is -0.742. The summed E-state index contributed by atoms with van der Waals surface area (Å²) in [6, 6.07) is 10.2. The molecule has 0 saturated carbocycles. The van der Waals surface area contributed by atoms with Gasteiger partial charge in [0.05, 0.1) is 5.60 Å². The van der Waals surface area contributed by atoms with Crippen molar-refractivity contribution in [3.05, 3.63) is 42.0 Å². The summed E-state index contributed by atoms with van der Waals surface area (Å²) in [7, 11) is 0. The van der Waals surface area contributed by atoms with Crippen LogP contribution in [0, 0.1) is 0 Å². The van der Waals surface area contributed by atoms with Crippen LogP contribution in [0.25, 0.3) is 6.08 Å². The van der Waals surface area contributed by atoms with Crippen molar-refractivity contribution >= 4 is 6.08 Å². The average Bonchev–Trinajstić information content (AvgIpc) is 2.24. The molecule has 0 bridgehead atoms. The lowest BCUT2D eigenvalue weighted by Crippen LogP contribution is -2.55. The van der Waals surface area contributed by atoms with Crippen molar-refractivity contribution in [1.82, 2.24) is 5.32 Å². The Morgan fingerprint density at radius 2 is 1.71 bits per heavy atom. The molecule has 0 heterocycles. The fourth-order valence-electron chi connectivity index (χ4n) is 1.29. The molecule has 2 N–H and O–H groups in total. The van der Waals surface area contributed by atoms with Crippen molar-refractivity contribution in [3.63, 3.8) is 0 Å². The summed E-state index contributed by atoms with van der Waals surface area (Å²) in [4.78, 5) is 0. The Kier molecular flexibility index (Phi) is 4.49. The molecule has 2 nitrogen and oxygen atoms in total. The number of hydrogen-bond donors (Lipinski definition) is 2. The van der Waals surface area contributed by atoms with E-state index in [1.165, 1.54) is 5.56 Å². The van der Waals surface area contributed by atoms with Gasteiger partial charge in [0.1, 0.15) is 0 Å². The Labute approximate surface area is 104 Å². The fraction of sp³-hybridized carbons (Fsp3) is 0.467. The normalized spacial score (nSPS) is 13.2. The zero-order valence-electron chi connectivity index (χ0n) is 11.2. The lowest BCUT2D eigenvalue weighted by Gasteiger charge is -2.38. The van der Waals surface area contributed by atoms with Gasteiger partial charge in [0, 0.05) is 12.1 Å². The third-order valence-corrected chi connectivity index (χ3v) is 3.30. The van der Waals surface area contributed by atoms with Crippen molar-refractivity contribution in [2.24, 2.45) is 0 Å². The molecule has 0 unspecified atom stereocenters. The second kappa shape index (κ2) is 5.48. The summed E-state index contributed by atoms with van der Waals surface area (Å²) in [5.74, 6) is 0. The van der Waals surface area contributed by atoms with Gasteiger partial charge in [-0.1, -0.05) is 42.5 Å². The monoisotopic (exact) mass is 233 g/mol. The summed E-state index contributed by atoms with van der Waals surface area (Å²) in [6.45, 7) is 8.39. The number of nitrogens with one attached hydrogen (secondary N) is 1. The minimum absolute atomic E-state index is 0.311. The molecule has 1 aromatic rings. The molecule has 0 fully saturated rings. The van der Waals surface area contributed by atoms with Gasteiger partial charge >= 0.3 is 0 Å². The number of aliphatic hydroxyl groups is 1. The van der Waals surface area contributed by atoms with Gasteiger partial charge in [-0.2, -0.15) is 0 Å². The van der Waals surface area contributed by atoms with Crippen molar-refractivity contribution in [3.8, 4) is 0 Å². The largest absolute Gasteiger partial charge is 0.389 e. The Bertz CT molecular complexity index is 360. The first-order chi connectivity index (χ1) is 7.83. The van der Waals surface area contributed by atoms with Crippen molar-refractivity contribution in [2.45, 2.75) is 38.8 Å². The molecular formula is C15H23NO. The first kappa shape index (κ1) is 13.9. The van der Waals surface area contributed by atoms with E-state index in [4.69, 9.17) is 0 Å². The molecule has 17 heavy (non-hydrogen) atoms. The smallest absolute Gasteiger partial charge is 0.0767 e. The Morgan fingerprint density at radius 3 is 2.24 bits per heavy atom. The van der Waals surface area contributed by atoms with E-state index in [1.54, 1.807) is 0 Å². The molecule has 0 aromatic heterocycles. The topological polar surface area (TPSA) is 32.3 Å². The van der Waals surface area contributed by atoms with E-state index in [0.29, 0.717) is 0 Å². The molecule has 0 aliphatic heterocycles. The summed E-state index contributed by atoms with van der Waals surface area (Å²) < 4.78 is 0. The Hall–Kier alpha value is -1.12. The number of benzene rings is 1. The van der Waals surface area contributed by atoms with Crippen LogP contribution in [0.3, 0.4) is 0 Å². The van der Waals surface area contributed by atoms with E-state index < -0.39 is 5.60 Å². The summed E-state index contributed by atoms with van der Waals surface area (Å²) in [5.41, 5.74) is 0.136. The van der Waals surface area contributed by atoms with Crippen molar-refractivity contribution in [1.29, 1.82) is 0 Å². The van der Waals surface area contributed by atoms with E-state index in [9.17, 15) is 5.11 Å². The molecule has 2 heteroatoms. The van der Waals surface area contributed by atoms with E-state index in [1.807, 2.05) is 45.9 Å². The summed E-state index contributed by atoms with van der Waals surface area (Å²) in [5, 5.41) is 13.3. The van der Waals surface area contributed by atoms with Crippen LogP contribution in [-0.2, 0) is 0 Å². The molecule has 94 valence electrons. The molecule has 0 atom stereocenters. The predicted molar refractivity (Wildman–Crippen MR) is 73.9 cm³/mol. The third-order valence-electron chi connectivity index (χ3n) is 3.30. The van der Waals surface area contributed by atoms with Crippen molar-refractivity contribution < 1.29 is 5.11 Å². The van der Waals surface area contributed by atoms with Gasteiger partial charge in [-0.25, -0.2) is 0 Å². The molecule has 1 rings (SSSR count). The third kappa shape index (κ3) is 4.33. The van der Waals surface area contributed by atoms with Crippen LogP contribution in [0.4, 0.5) is 0 Å². The summed E-state index contributed by atoms with van der Waals surface area (Å²) in [6.07, 6.45) is 4.15. The van der Waals surface area contributed by atoms with Gasteiger partial charge in [0.25, 0.3) is 0 Å². The zero-order chi connectivity index (χ0) is 12.9. The van der Waals surface area contributed by atoms with Crippen LogP contribution in [0.1, 0.15) is 33.3 Å². The first-order valence-corrected chi connectivity index (χ1v) is 6.02. The first-order valence-electron chi connectivity index (χ1n) is 6.02. The molecule has 0 saturated heterocycles. The zero-order valence-corrected chi connectivity index (χ0v) is 11.2. The number of hydrogen-bond acceptors (Lipinski definition) is 2. The van der Waals surface area contributed by atoms with E-state index in [0.717, 1.165) is 6.54 Å². The second-order valence-corrected chi connectivity index (χ2v) is 5.38.